The van der Waals surface area contributed by atoms with Gasteiger partial charge in [-0.2, -0.15) is 10.4 Å². The Morgan fingerprint density at radius 2 is 2.25 bits per heavy atom. The molecule has 1 heterocycles. The third-order valence-corrected chi connectivity index (χ3v) is 3.54. The summed E-state index contributed by atoms with van der Waals surface area (Å²) < 4.78 is 0. The van der Waals surface area contributed by atoms with Crippen molar-refractivity contribution in [1.29, 1.82) is 10.7 Å². The first-order valence-corrected chi connectivity index (χ1v) is 7.28. The van der Waals surface area contributed by atoms with Crippen LogP contribution in [0.15, 0.2) is 57.6 Å². The van der Waals surface area contributed by atoms with Gasteiger partial charge in [0, 0.05) is 23.2 Å². The second kappa shape index (κ2) is 7.70. The van der Waals surface area contributed by atoms with Crippen molar-refractivity contribution in [3.63, 3.8) is 0 Å². The molecule has 0 saturated carbocycles. The monoisotopic (exact) mass is 341 g/mol. The molecular weight excluding hydrogens is 330 g/mol. The maximum absolute atomic E-state index is 11.1. The van der Waals surface area contributed by atoms with Gasteiger partial charge in [-0.25, -0.2) is 4.98 Å². The third kappa shape index (κ3) is 4.52. The van der Waals surface area contributed by atoms with Crippen LogP contribution in [0.3, 0.4) is 0 Å². The van der Waals surface area contributed by atoms with E-state index in [1.54, 1.807) is 30.5 Å². The summed E-state index contributed by atoms with van der Waals surface area (Å²) in [5.41, 5.74) is 7.52. The molecule has 0 unspecified atom stereocenters. The van der Waals surface area contributed by atoms with Gasteiger partial charge in [0.2, 0.25) is 5.71 Å². The van der Waals surface area contributed by atoms with Crippen LogP contribution in [0, 0.1) is 26.9 Å². The summed E-state index contributed by atoms with van der Waals surface area (Å²) in [5.74, 6) is -0.501. The van der Waals surface area contributed by atoms with Crippen LogP contribution in [0.4, 0.5) is 11.4 Å². The van der Waals surface area contributed by atoms with E-state index in [1.165, 1.54) is 23.9 Å². The number of hydrazone groups is 1. The van der Waals surface area contributed by atoms with E-state index in [2.05, 4.69) is 15.5 Å². The fraction of sp³-hybridized carbons (Fsp3) is 0. The standard InChI is InChI=1S/C14H11N7O2S/c15-8-12(14(16)17)20-19-9-5-10(21(22)23)7-11(6-9)24-13-3-1-2-4-18-13/h1-7,19H,(H3,16,17)/b20-12+. The van der Waals surface area contributed by atoms with Crippen molar-refractivity contribution < 1.29 is 4.92 Å². The van der Waals surface area contributed by atoms with Crippen molar-refractivity contribution >= 4 is 34.7 Å². The van der Waals surface area contributed by atoms with Crippen molar-refractivity contribution in [2.24, 2.45) is 10.8 Å². The van der Waals surface area contributed by atoms with E-state index in [-0.39, 0.29) is 17.1 Å². The van der Waals surface area contributed by atoms with Crippen LogP contribution in [-0.2, 0) is 0 Å². The highest BCUT2D eigenvalue weighted by Crippen LogP contribution is 2.31. The fourth-order valence-corrected chi connectivity index (χ4v) is 2.47. The van der Waals surface area contributed by atoms with E-state index in [4.69, 9.17) is 16.4 Å². The molecule has 0 aliphatic carbocycles. The molecule has 0 atom stereocenters. The fourth-order valence-electron chi connectivity index (χ4n) is 1.61. The van der Waals surface area contributed by atoms with Crippen LogP contribution in [0.5, 0.6) is 0 Å². The van der Waals surface area contributed by atoms with Gasteiger partial charge in [0.25, 0.3) is 5.69 Å². The quantitative estimate of drug-likeness (QED) is 0.315. The molecule has 0 spiro atoms. The van der Waals surface area contributed by atoms with Gasteiger partial charge < -0.3 is 5.73 Å². The zero-order chi connectivity index (χ0) is 17.5. The molecule has 4 N–H and O–H groups in total. The average molecular weight is 341 g/mol. The van der Waals surface area contributed by atoms with E-state index in [9.17, 15) is 10.1 Å². The topological polar surface area (TPSA) is 154 Å². The van der Waals surface area contributed by atoms with E-state index in [1.807, 2.05) is 6.07 Å². The van der Waals surface area contributed by atoms with Gasteiger partial charge in [-0.1, -0.05) is 17.8 Å². The smallest absolute Gasteiger partial charge is 0.272 e. The molecule has 2 rings (SSSR count). The van der Waals surface area contributed by atoms with Crippen LogP contribution in [0.2, 0.25) is 0 Å². The lowest BCUT2D eigenvalue weighted by molar-refractivity contribution is -0.385. The van der Waals surface area contributed by atoms with Gasteiger partial charge in [0.05, 0.1) is 10.6 Å². The number of hydrogen-bond donors (Lipinski definition) is 3. The van der Waals surface area contributed by atoms with Gasteiger partial charge in [0.15, 0.2) is 5.84 Å². The largest absolute Gasteiger partial charge is 0.382 e. The number of pyridine rings is 1. The Kier molecular flexibility index (Phi) is 5.43. The minimum atomic E-state index is -0.534. The molecule has 9 nitrogen and oxygen atoms in total. The zero-order valence-electron chi connectivity index (χ0n) is 12.1. The van der Waals surface area contributed by atoms with E-state index >= 15 is 0 Å². The molecule has 24 heavy (non-hydrogen) atoms. The Bertz CT molecular complexity index is 846. The molecule has 0 bridgehead atoms. The lowest BCUT2D eigenvalue weighted by atomic mass is 10.3. The van der Waals surface area contributed by atoms with Gasteiger partial charge in [0.1, 0.15) is 11.1 Å². The molecule has 120 valence electrons. The molecule has 1 aromatic heterocycles. The van der Waals surface area contributed by atoms with Crippen LogP contribution in [0.25, 0.3) is 0 Å². The Morgan fingerprint density at radius 1 is 1.46 bits per heavy atom. The number of nitrogens with two attached hydrogens (primary N) is 1. The second-order valence-electron chi connectivity index (χ2n) is 4.34. The van der Waals surface area contributed by atoms with Gasteiger partial charge >= 0.3 is 0 Å². The number of anilines is 1. The van der Waals surface area contributed by atoms with Crippen LogP contribution in [-0.4, -0.2) is 21.5 Å². The molecule has 0 radical (unpaired) electrons. The van der Waals surface area contributed by atoms with Crippen LogP contribution < -0.4 is 11.2 Å². The maximum Gasteiger partial charge on any atom is 0.272 e. The minimum Gasteiger partial charge on any atom is -0.382 e. The first-order chi connectivity index (χ1) is 11.5. The van der Waals surface area contributed by atoms with Crippen molar-refractivity contribution in [3.8, 4) is 6.07 Å². The number of nitro benzene ring substituents is 1. The van der Waals surface area contributed by atoms with E-state index < -0.39 is 10.8 Å². The number of benzene rings is 1. The summed E-state index contributed by atoms with van der Waals surface area (Å²) in [4.78, 5) is 15.3. The second-order valence-corrected chi connectivity index (χ2v) is 5.43. The molecular formula is C14H11N7O2S. The number of aromatic nitrogens is 1. The predicted octanol–water partition coefficient (Wildman–Crippen LogP) is 2.37. The van der Waals surface area contributed by atoms with Crippen molar-refractivity contribution in [2.45, 2.75) is 9.92 Å². The minimum absolute atomic E-state index is 0.144. The highest BCUT2D eigenvalue weighted by atomic mass is 32.2. The molecule has 0 amide bonds. The normalized spacial score (nSPS) is 10.7. The summed E-state index contributed by atoms with van der Waals surface area (Å²) in [7, 11) is 0. The Balaban J connectivity index is 2.33. The molecule has 2 aromatic rings. The number of amidine groups is 1. The number of nitrogens with zero attached hydrogens (tertiary/aromatic N) is 4. The van der Waals surface area contributed by atoms with Crippen molar-refractivity contribution in [3.05, 3.63) is 52.7 Å². The van der Waals surface area contributed by atoms with E-state index in [0.29, 0.717) is 9.92 Å². The summed E-state index contributed by atoms with van der Waals surface area (Å²) in [5, 5.41) is 31.4. The molecule has 1 aromatic carbocycles. The van der Waals surface area contributed by atoms with E-state index in [0.717, 1.165) is 0 Å². The SMILES string of the molecule is N#C/C(=N\Nc1cc(Sc2ccccn2)cc([N+](=O)[O-])c1)C(=N)N. The lowest BCUT2D eigenvalue weighted by Crippen LogP contribution is -2.21. The number of rotatable bonds is 6. The molecule has 0 aliphatic rings. The Morgan fingerprint density at radius 3 is 2.83 bits per heavy atom. The van der Waals surface area contributed by atoms with Crippen molar-refractivity contribution in [1.82, 2.24) is 4.98 Å². The van der Waals surface area contributed by atoms with Crippen molar-refractivity contribution in [2.75, 3.05) is 5.43 Å². The third-order valence-electron chi connectivity index (χ3n) is 2.62. The maximum atomic E-state index is 11.1. The summed E-state index contributed by atoms with van der Waals surface area (Å²) in [6, 6.07) is 11.3. The molecule has 10 heteroatoms. The highest BCUT2D eigenvalue weighted by molar-refractivity contribution is 7.99. The molecule has 0 aliphatic heterocycles. The van der Waals surface area contributed by atoms with Crippen LogP contribution in [0.1, 0.15) is 0 Å². The molecule has 0 saturated heterocycles. The highest BCUT2D eigenvalue weighted by Gasteiger charge is 2.11. The lowest BCUT2D eigenvalue weighted by Gasteiger charge is -2.05. The zero-order valence-corrected chi connectivity index (χ0v) is 12.9. The predicted molar refractivity (Wildman–Crippen MR) is 90.0 cm³/mol. The Hall–Kier alpha value is -3.45. The number of nitro groups is 1. The van der Waals surface area contributed by atoms with Crippen LogP contribution >= 0.6 is 11.8 Å². The first-order valence-electron chi connectivity index (χ1n) is 6.46. The number of nitrogens with one attached hydrogen (secondary N) is 2. The Labute approximate surface area is 140 Å². The number of hydrogen-bond acceptors (Lipinski definition) is 8. The number of nitriles is 1. The number of non-ortho nitro benzene ring substituents is 1. The summed E-state index contributed by atoms with van der Waals surface area (Å²) in [6.07, 6.45) is 1.62. The molecule has 0 fully saturated rings. The summed E-state index contributed by atoms with van der Waals surface area (Å²) in [6.45, 7) is 0. The van der Waals surface area contributed by atoms with Gasteiger partial charge in [-0.3, -0.25) is 20.9 Å². The first kappa shape index (κ1) is 16.9. The average Bonchev–Trinajstić information content (AvgIpc) is 2.56. The van der Waals surface area contributed by atoms with Gasteiger partial charge in [-0.05, 0) is 18.2 Å². The summed E-state index contributed by atoms with van der Waals surface area (Å²) >= 11 is 1.24. The van der Waals surface area contributed by atoms with Gasteiger partial charge in [-0.15, -0.1) is 0 Å².